The molecule has 0 radical (unpaired) electrons. The maximum atomic E-state index is 12.0. The van der Waals surface area contributed by atoms with Crippen LogP contribution in [0.1, 0.15) is 81.8 Å². The lowest BCUT2D eigenvalue weighted by molar-refractivity contribution is -0.197. The minimum absolute atomic E-state index is 0.0563. The van der Waals surface area contributed by atoms with Gasteiger partial charge in [-0.1, -0.05) is 82.1 Å². The molecule has 1 aromatic rings. The number of nitrogens with zero attached hydrogens (tertiary/aromatic N) is 1. The molecule has 1 aliphatic heterocycles. The van der Waals surface area contributed by atoms with E-state index in [2.05, 4.69) is 12.1 Å². The van der Waals surface area contributed by atoms with E-state index in [4.69, 9.17) is 4.84 Å². The standard InChI is InChI=1S/C23H31NO4/c25-21-14-15-22(26)24(21)28-23(27)17-20-12-10-19(11-13-20)16-18-8-6-4-2-1-3-5-7-9-18/h10-13,18H,1-9,14-17H2. The molecule has 0 bridgehead atoms. The van der Waals surface area contributed by atoms with Crippen LogP contribution in [0.25, 0.3) is 0 Å². The average Bonchev–Trinajstić information content (AvgIpc) is 3.00. The number of hydrogen-bond donors (Lipinski definition) is 0. The van der Waals surface area contributed by atoms with Crippen molar-refractivity contribution >= 4 is 17.8 Å². The van der Waals surface area contributed by atoms with Crippen molar-refractivity contribution in [3.05, 3.63) is 35.4 Å². The number of carbonyl (C=O) groups excluding carboxylic acids is 3. The van der Waals surface area contributed by atoms with Gasteiger partial charge in [0.25, 0.3) is 11.8 Å². The fourth-order valence-electron chi connectivity index (χ4n) is 4.18. The van der Waals surface area contributed by atoms with Crippen molar-refractivity contribution in [2.24, 2.45) is 5.92 Å². The highest BCUT2D eigenvalue weighted by Crippen LogP contribution is 2.25. The van der Waals surface area contributed by atoms with Crippen LogP contribution in [-0.2, 0) is 32.1 Å². The Balaban J connectivity index is 1.49. The summed E-state index contributed by atoms with van der Waals surface area (Å²) in [6.45, 7) is 0. The van der Waals surface area contributed by atoms with E-state index in [1.54, 1.807) is 0 Å². The number of hydrogen-bond acceptors (Lipinski definition) is 4. The van der Waals surface area contributed by atoms with Gasteiger partial charge in [0.15, 0.2) is 0 Å². The van der Waals surface area contributed by atoms with Crippen molar-refractivity contribution in [3.63, 3.8) is 0 Å². The Kier molecular flexibility index (Phi) is 7.63. The van der Waals surface area contributed by atoms with Gasteiger partial charge in [0.2, 0.25) is 0 Å². The Labute approximate surface area is 167 Å². The molecule has 0 spiro atoms. The fourth-order valence-corrected chi connectivity index (χ4v) is 4.18. The van der Waals surface area contributed by atoms with E-state index in [1.807, 2.05) is 12.1 Å². The lowest BCUT2D eigenvalue weighted by atomic mass is 9.87. The maximum absolute atomic E-state index is 12.0. The molecule has 1 aromatic carbocycles. The third-order valence-corrected chi connectivity index (χ3v) is 5.82. The summed E-state index contributed by atoms with van der Waals surface area (Å²) in [4.78, 5) is 40.0. The zero-order valence-corrected chi connectivity index (χ0v) is 16.7. The van der Waals surface area contributed by atoms with Crippen molar-refractivity contribution in [1.82, 2.24) is 5.06 Å². The van der Waals surface area contributed by atoms with Gasteiger partial charge in [0, 0.05) is 12.8 Å². The summed E-state index contributed by atoms with van der Waals surface area (Å²) >= 11 is 0. The molecule has 0 atom stereocenters. The van der Waals surface area contributed by atoms with Crippen molar-refractivity contribution in [1.29, 1.82) is 0 Å². The van der Waals surface area contributed by atoms with Crippen LogP contribution in [0.2, 0.25) is 0 Å². The average molecular weight is 386 g/mol. The second-order valence-electron chi connectivity index (χ2n) is 8.16. The summed E-state index contributed by atoms with van der Waals surface area (Å²) in [5, 5.41) is 0.607. The summed E-state index contributed by atoms with van der Waals surface area (Å²) in [6.07, 6.45) is 13.6. The number of amides is 2. The first-order valence-electron chi connectivity index (χ1n) is 10.8. The van der Waals surface area contributed by atoms with Crippen LogP contribution in [0.3, 0.4) is 0 Å². The zero-order valence-electron chi connectivity index (χ0n) is 16.7. The van der Waals surface area contributed by atoms with Gasteiger partial charge >= 0.3 is 5.97 Å². The Morgan fingerprint density at radius 1 is 0.821 bits per heavy atom. The molecule has 152 valence electrons. The number of carbonyl (C=O) groups is 3. The zero-order chi connectivity index (χ0) is 19.8. The third kappa shape index (κ3) is 6.18. The Morgan fingerprint density at radius 3 is 1.89 bits per heavy atom. The molecule has 5 nitrogen and oxygen atoms in total. The minimum atomic E-state index is -0.580. The van der Waals surface area contributed by atoms with Gasteiger partial charge in [-0.05, 0) is 23.5 Å². The van der Waals surface area contributed by atoms with Crippen molar-refractivity contribution < 1.29 is 19.2 Å². The third-order valence-electron chi connectivity index (χ3n) is 5.82. The monoisotopic (exact) mass is 385 g/mol. The molecular weight excluding hydrogens is 354 g/mol. The van der Waals surface area contributed by atoms with Crippen molar-refractivity contribution in [2.45, 2.75) is 83.5 Å². The van der Waals surface area contributed by atoms with Gasteiger partial charge in [-0.2, -0.15) is 0 Å². The van der Waals surface area contributed by atoms with Crippen LogP contribution < -0.4 is 0 Å². The molecule has 28 heavy (non-hydrogen) atoms. The summed E-state index contributed by atoms with van der Waals surface area (Å²) in [7, 11) is 0. The molecule has 2 fully saturated rings. The lowest BCUT2D eigenvalue weighted by Crippen LogP contribution is -2.32. The Hall–Kier alpha value is -2.17. The van der Waals surface area contributed by atoms with E-state index in [9.17, 15) is 14.4 Å². The van der Waals surface area contributed by atoms with Crippen LogP contribution in [-0.4, -0.2) is 22.8 Å². The maximum Gasteiger partial charge on any atom is 0.337 e. The highest BCUT2D eigenvalue weighted by molar-refractivity contribution is 6.01. The van der Waals surface area contributed by atoms with Crippen LogP contribution in [0, 0.1) is 5.92 Å². The van der Waals surface area contributed by atoms with E-state index in [0.717, 1.165) is 17.9 Å². The molecule has 1 saturated heterocycles. The number of imide groups is 1. The molecule has 0 aromatic heterocycles. The van der Waals surface area contributed by atoms with Crippen LogP contribution in [0.15, 0.2) is 24.3 Å². The quantitative estimate of drug-likeness (QED) is 0.699. The first kappa shape index (κ1) is 20.6. The summed E-state index contributed by atoms with van der Waals surface area (Å²) in [5.41, 5.74) is 2.14. The minimum Gasteiger partial charge on any atom is -0.330 e. The largest absolute Gasteiger partial charge is 0.337 e. The predicted molar refractivity (Wildman–Crippen MR) is 106 cm³/mol. The van der Waals surface area contributed by atoms with E-state index >= 15 is 0 Å². The first-order valence-corrected chi connectivity index (χ1v) is 10.8. The van der Waals surface area contributed by atoms with Gasteiger partial charge < -0.3 is 4.84 Å². The van der Waals surface area contributed by atoms with Gasteiger partial charge in [-0.3, -0.25) is 9.59 Å². The van der Waals surface area contributed by atoms with Crippen LogP contribution >= 0.6 is 0 Å². The molecule has 1 saturated carbocycles. The Morgan fingerprint density at radius 2 is 1.32 bits per heavy atom. The first-order chi connectivity index (χ1) is 13.6. The van der Waals surface area contributed by atoms with E-state index in [-0.39, 0.29) is 19.3 Å². The molecule has 1 heterocycles. The summed E-state index contributed by atoms with van der Waals surface area (Å²) in [5.74, 6) is -0.719. The fraction of sp³-hybridized carbons (Fsp3) is 0.609. The van der Waals surface area contributed by atoms with Gasteiger partial charge in [0.05, 0.1) is 6.42 Å². The second kappa shape index (κ2) is 10.4. The number of rotatable bonds is 5. The molecule has 2 aliphatic rings. The Bertz CT molecular complexity index is 656. The van der Waals surface area contributed by atoms with Gasteiger partial charge in [0.1, 0.15) is 0 Å². The van der Waals surface area contributed by atoms with Crippen molar-refractivity contribution in [3.8, 4) is 0 Å². The summed E-state index contributed by atoms with van der Waals surface area (Å²) < 4.78 is 0. The number of hydroxylamine groups is 2. The predicted octanol–water partition coefficient (Wildman–Crippen LogP) is 4.52. The highest BCUT2D eigenvalue weighted by Gasteiger charge is 2.32. The van der Waals surface area contributed by atoms with Crippen LogP contribution in [0.5, 0.6) is 0 Å². The smallest absolute Gasteiger partial charge is 0.330 e. The lowest BCUT2D eigenvalue weighted by Gasteiger charge is -2.19. The molecule has 0 unspecified atom stereocenters. The van der Waals surface area contributed by atoms with Gasteiger partial charge in [-0.15, -0.1) is 5.06 Å². The molecule has 3 rings (SSSR count). The topological polar surface area (TPSA) is 63.7 Å². The second-order valence-corrected chi connectivity index (χ2v) is 8.16. The number of benzene rings is 1. The van der Waals surface area contributed by atoms with E-state index < -0.39 is 17.8 Å². The van der Waals surface area contributed by atoms with E-state index in [0.29, 0.717) is 5.06 Å². The normalized spacial score (nSPS) is 19.6. The SMILES string of the molecule is O=C(Cc1ccc(CC2CCCCCCCCC2)cc1)ON1C(=O)CCC1=O. The molecular formula is C23H31NO4. The van der Waals surface area contributed by atoms with E-state index in [1.165, 1.54) is 63.4 Å². The molecule has 5 heteroatoms. The molecule has 0 N–H and O–H groups in total. The molecule has 2 amide bonds. The molecule has 1 aliphatic carbocycles. The summed E-state index contributed by atoms with van der Waals surface area (Å²) in [6, 6.07) is 8.08. The van der Waals surface area contributed by atoms with Crippen molar-refractivity contribution in [2.75, 3.05) is 0 Å². The highest BCUT2D eigenvalue weighted by atomic mass is 16.7. The van der Waals surface area contributed by atoms with Gasteiger partial charge in [-0.25, -0.2) is 4.79 Å². The van der Waals surface area contributed by atoms with Crippen LogP contribution in [0.4, 0.5) is 0 Å².